The van der Waals surface area contributed by atoms with Gasteiger partial charge in [0.2, 0.25) is 5.91 Å². The number of nitrogens with zero attached hydrogens (tertiary/aromatic N) is 2. The highest BCUT2D eigenvalue weighted by Crippen LogP contribution is 2.32. The van der Waals surface area contributed by atoms with E-state index < -0.39 is 0 Å². The molecule has 3 rings (SSSR count). The predicted octanol–water partition coefficient (Wildman–Crippen LogP) is 5.14. The molecule has 1 aromatic rings. The largest absolute Gasteiger partial charge is 0.369 e. The van der Waals surface area contributed by atoms with Crippen LogP contribution in [-0.2, 0) is 4.79 Å². The fourth-order valence-electron chi connectivity index (χ4n) is 4.47. The number of hydrogen-bond acceptors (Lipinski definition) is 2. The molecule has 1 aliphatic carbocycles. The van der Waals surface area contributed by atoms with Gasteiger partial charge in [0.05, 0.1) is 5.69 Å². The summed E-state index contributed by atoms with van der Waals surface area (Å²) in [4.78, 5) is 16.2. The van der Waals surface area contributed by atoms with E-state index >= 15 is 0 Å². The Kier molecular flexibility index (Phi) is 5.98. The molecule has 0 N–H and O–H groups in total. The van der Waals surface area contributed by atoms with Gasteiger partial charge >= 0.3 is 0 Å². The highest BCUT2D eigenvalue weighted by molar-refractivity contribution is 5.92. The lowest BCUT2D eigenvalue weighted by atomic mass is 9.93. The molecule has 1 aromatic carbocycles. The summed E-state index contributed by atoms with van der Waals surface area (Å²) in [5.74, 6) is 0.593. The van der Waals surface area contributed by atoms with Crippen LogP contribution in [0.15, 0.2) is 18.2 Å². The first kappa shape index (κ1) is 18.2. The molecule has 2 aliphatic rings. The van der Waals surface area contributed by atoms with Crippen molar-refractivity contribution in [3.05, 3.63) is 24.0 Å². The SMILES string of the molecule is CCC1CCN(c2ccc(N(C(C)=O)C3CCCCC3)cc2F)CC1. The van der Waals surface area contributed by atoms with Gasteiger partial charge in [-0.15, -0.1) is 0 Å². The Labute approximate surface area is 151 Å². The van der Waals surface area contributed by atoms with E-state index in [0.29, 0.717) is 11.4 Å². The third kappa shape index (κ3) is 4.16. The summed E-state index contributed by atoms with van der Waals surface area (Å²) in [5, 5.41) is 0. The third-order valence-corrected chi connectivity index (χ3v) is 6.02. The molecule has 1 amide bonds. The van der Waals surface area contributed by atoms with Crippen LogP contribution < -0.4 is 9.80 Å². The van der Waals surface area contributed by atoms with Crippen LogP contribution in [0.2, 0.25) is 0 Å². The van der Waals surface area contributed by atoms with Crippen molar-refractivity contribution in [3.63, 3.8) is 0 Å². The van der Waals surface area contributed by atoms with Crippen LogP contribution in [0.4, 0.5) is 15.8 Å². The van der Waals surface area contributed by atoms with Gasteiger partial charge in [-0.2, -0.15) is 0 Å². The topological polar surface area (TPSA) is 23.6 Å². The number of amides is 1. The van der Waals surface area contributed by atoms with Crippen molar-refractivity contribution in [2.24, 2.45) is 5.92 Å². The predicted molar refractivity (Wildman–Crippen MR) is 102 cm³/mol. The molecule has 1 saturated carbocycles. The Morgan fingerprint density at radius 2 is 1.84 bits per heavy atom. The summed E-state index contributed by atoms with van der Waals surface area (Å²) < 4.78 is 14.8. The Hall–Kier alpha value is -1.58. The number of anilines is 2. The van der Waals surface area contributed by atoms with Crippen molar-refractivity contribution in [2.45, 2.75) is 71.3 Å². The van der Waals surface area contributed by atoms with E-state index in [2.05, 4.69) is 11.8 Å². The summed E-state index contributed by atoms with van der Waals surface area (Å²) >= 11 is 0. The molecule has 4 heteroatoms. The van der Waals surface area contributed by atoms with E-state index in [4.69, 9.17) is 0 Å². The molecule has 138 valence electrons. The molecule has 1 heterocycles. The first-order valence-electron chi connectivity index (χ1n) is 9.94. The van der Waals surface area contributed by atoms with Crippen LogP contribution in [0.3, 0.4) is 0 Å². The molecule has 0 unspecified atom stereocenters. The second-order valence-corrected chi connectivity index (χ2v) is 7.66. The Balaban J connectivity index is 1.77. The van der Waals surface area contributed by atoms with Crippen LogP contribution in [-0.4, -0.2) is 25.0 Å². The maximum Gasteiger partial charge on any atom is 0.224 e. The van der Waals surface area contributed by atoms with E-state index in [1.54, 1.807) is 13.0 Å². The quantitative estimate of drug-likeness (QED) is 0.754. The minimum absolute atomic E-state index is 0.0165. The zero-order valence-electron chi connectivity index (χ0n) is 15.6. The summed E-state index contributed by atoms with van der Waals surface area (Å²) in [6.07, 6.45) is 9.08. The average molecular weight is 346 g/mol. The number of carbonyl (C=O) groups is 1. The zero-order valence-corrected chi connectivity index (χ0v) is 15.6. The number of hydrogen-bond donors (Lipinski definition) is 0. The Morgan fingerprint density at radius 1 is 1.16 bits per heavy atom. The van der Waals surface area contributed by atoms with Gasteiger partial charge in [0.15, 0.2) is 0 Å². The lowest BCUT2D eigenvalue weighted by Crippen LogP contribution is -2.40. The van der Waals surface area contributed by atoms with Gasteiger partial charge in [-0.3, -0.25) is 4.79 Å². The van der Waals surface area contributed by atoms with Crippen molar-refractivity contribution >= 4 is 17.3 Å². The molecule has 2 fully saturated rings. The van der Waals surface area contributed by atoms with E-state index in [1.165, 1.54) is 12.8 Å². The first-order chi connectivity index (χ1) is 12.1. The summed E-state index contributed by atoms with van der Waals surface area (Å²) in [6, 6.07) is 5.59. The lowest BCUT2D eigenvalue weighted by Gasteiger charge is -2.35. The standard InChI is InChI=1S/C21H31FN2O/c1-3-17-11-13-23(14-12-17)21-10-9-19(15-20(21)22)24(16(2)25)18-7-5-4-6-8-18/h9-10,15,17-18H,3-8,11-14H2,1-2H3. The number of halogens is 1. The summed E-state index contributed by atoms with van der Waals surface area (Å²) in [5.41, 5.74) is 1.40. The van der Waals surface area contributed by atoms with Crippen molar-refractivity contribution in [2.75, 3.05) is 22.9 Å². The number of piperidine rings is 1. The highest BCUT2D eigenvalue weighted by Gasteiger charge is 2.26. The molecule has 25 heavy (non-hydrogen) atoms. The van der Waals surface area contributed by atoms with Gasteiger partial charge in [-0.05, 0) is 49.8 Å². The van der Waals surface area contributed by atoms with Gasteiger partial charge in [0.1, 0.15) is 5.82 Å². The van der Waals surface area contributed by atoms with E-state index in [-0.39, 0.29) is 17.8 Å². The van der Waals surface area contributed by atoms with Crippen molar-refractivity contribution in [1.29, 1.82) is 0 Å². The van der Waals surface area contributed by atoms with Crippen LogP contribution in [0, 0.1) is 11.7 Å². The summed E-state index contributed by atoms with van der Waals surface area (Å²) in [7, 11) is 0. The van der Waals surface area contributed by atoms with Crippen molar-refractivity contribution in [3.8, 4) is 0 Å². The van der Waals surface area contributed by atoms with E-state index in [9.17, 15) is 9.18 Å². The number of rotatable bonds is 4. The summed E-state index contributed by atoms with van der Waals surface area (Å²) in [6.45, 7) is 5.68. The van der Waals surface area contributed by atoms with Gasteiger partial charge < -0.3 is 9.80 Å². The van der Waals surface area contributed by atoms with E-state index in [0.717, 1.165) is 57.5 Å². The minimum atomic E-state index is -0.200. The molecule has 0 bridgehead atoms. The van der Waals surface area contributed by atoms with Gasteiger partial charge in [-0.25, -0.2) is 4.39 Å². The minimum Gasteiger partial charge on any atom is -0.369 e. The van der Waals surface area contributed by atoms with Crippen LogP contribution >= 0.6 is 0 Å². The van der Waals surface area contributed by atoms with E-state index in [1.807, 2.05) is 17.0 Å². The average Bonchev–Trinajstić information content (AvgIpc) is 2.63. The van der Waals surface area contributed by atoms with Gasteiger partial charge in [0, 0.05) is 31.7 Å². The maximum absolute atomic E-state index is 14.8. The second-order valence-electron chi connectivity index (χ2n) is 7.66. The van der Waals surface area contributed by atoms with Gasteiger partial charge in [0.25, 0.3) is 0 Å². The number of carbonyl (C=O) groups excluding carboxylic acids is 1. The molecule has 1 saturated heterocycles. The fraction of sp³-hybridized carbons (Fsp3) is 0.667. The fourth-order valence-corrected chi connectivity index (χ4v) is 4.47. The third-order valence-electron chi connectivity index (χ3n) is 6.02. The van der Waals surface area contributed by atoms with Crippen LogP contribution in [0.5, 0.6) is 0 Å². The molecule has 0 atom stereocenters. The smallest absolute Gasteiger partial charge is 0.224 e. The molecule has 0 aromatic heterocycles. The monoisotopic (exact) mass is 346 g/mol. The molecule has 0 spiro atoms. The Bertz CT molecular complexity index is 590. The number of benzene rings is 1. The van der Waals surface area contributed by atoms with Gasteiger partial charge in [-0.1, -0.05) is 32.6 Å². The maximum atomic E-state index is 14.8. The van der Waals surface area contributed by atoms with Crippen LogP contribution in [0.1, 0.15) is 65.2 Å². The molecule has 1 aliphatic heterocycles. The normalized spacial score (nSPS) is 19.9. The van der Waals surface area contributed by atoms with Crippen LogP contribution in [0.25, 0.3) is 0 Å². The van der Waals surface area contributed by atoms with Crippen molar-refractivity contribution < 1.29 is 9.18 Å². The first-order valence-corrected chi connectivity index (χ1v) is 9.94. The zero-order chi connectivity index (χ0) is 17.8. The molecule has 0 radical (unpaired) electrons. The second kappa shape index (κ2) is 8.20. The van der Waals surface area contributed by atoms with Crippen molar-refractivity contribution in [1.82, 2.24) is 0 Å². The lowest BCUT2D eigenvalue weighted by molar-refractivity contribution is -0.117. The molecule has 3 nitrogen and oxygen atoms in total. The molecular formula is C21H31FN2O. The highest BCUT2D eigenvalue weighted by atomic mass is 19.1. The Morgan fingerprint density at radius 3 is 2.40 bits per heavy atom. The molecular weight excluding hydrogens is 315 g/mol.